The smallest absolute Gasteiger partial charge is 0.233 e. The molecule has 1 aliphatic carbocycles. The minimum atomic E-state index is -0.298. The van der Waals surface area contributed by atoms with Gasteiger partial charge in [0.25, 0.3) is 0 Å². The van der Waals surface area contributed by atoms with Crippen LogP contribution >= 0.6 is 0 Å². The molecule has 2 amide bonds. The Morgan fingerprint density at radius 3 is 2.35 bits per heavy atom. The first-order valence-corrected chi connectivity index (χ1v) is 10.0. The van der Waals surface area contributed by atoms with E-state index in [1.165, 1.54) is 5.56 Å². The fourth-order valence-corrected chi connectivity index (χ4v) is 3.85. The Kier molecular flexibility index (Phi) is 5.40. The zero-order valence-electron chi connectivity index (χ0n) is 16.5. The van der Waals surface area contributed by atoms with Crippen LogP contribution in [0.2, 0.25) is 0 Å². The number of rotatable bonds is 5. The van der Waals surface area contributed by atoms with Gasteiger partial charge in [-0.25, -0.2) is 0 Å². The van der Waals surface area contributed by atoms with Crippen molar-refractivity contribution in [1.29, 1.82) is 0 Å². The molecule has 1 aliphatic heterocycles. The van der Waals surface area contributed by atoms with E-state index in [0.717, 1.165) is 31.2 Å². The number of aryl methyl sites for hydroxylation is 1. The van der Waals surface area contributed by atoms with Crippen LogP contribution in [0, 0.1) is 18.8 Å². The summed E-state index contributed by atoms with van der Waals surface area (Å²) >= 11 is 0. The maximum Gasteiger partial charge on any atom is 0.233 e. The molecule has 0 bridgehead atoms. The molecule has 0 aromatic heterocycles. The third-order valence-corrected chi connectivity index (χ3v) is 6.25. The lowest BCUT2D eigenvalue weighted by atomic mass is 9.90. The summed E-state index contributed by atoms with van der Waals surface area (Å²) in [6.07, 6.45) is 3.43. The van der Waals surface area contributed by atoms with Gasteiger partial charge >= 0.3 is 0 Å². The highest BCUT2D eigenvalue weighted by Crippen LogP contribution is 2.50. The SMILES string of the molecule is Cc1cccc(C2(C(=O)N3CCC(C(=O)NC(C)C(C)C)CC3)CC2)c1. The van der Waals surface area contributed by atoms with Crippen molar-refractivity contribution in [3.8, 4) is 0 Å². The van der Waals surface area contributed by atoms with Crippen LogP contribution in [0.3, 0.4) is 0 Å². The number of hydrogen-bond donors (Lipinski definition) is 1. The van der Waals surface area contributed by atoms with Gasteiger partial charge in [0, 0.05) is 25.0 Å². The Balaban J connectivity index is 1.58. The summed E-state index contributed by atoms with van der Waals surface area (Å²) in [5.74, 6) is 0.884. The van der Waals surface area contributed by atoms with Crippen LogP contribution in [0.15, 0.2) is 24.3 Å². The second-order valence-electron chi connectivity index (χ2n) is 8.56. The summed E-state index contributed by atoms with van der Waals surface area (Å²) in [5, 5.41) is 3.13. The van der Waals surface area contributed by atoms with E-state index >= 15 is 0 Å². The molecule has 4 heteroatoms. The van der Waals surface area contributed by atoms with Gasteiger partial charge < -0.3 is 10.2 Å². The topological polar surface area (TPSA) is 49.4 Å². The number of likely N-dealkylation sites (tertiary alicyclic amines) is 1. The molecule has 1 heterocycles. The van der Waals surface area contributed by atoms with Gasteiger partial charge in [0.2, 0.25) is 11.8 Å². The average Bonchev–Trinajstić information content (AvgIpc) is 3.43. The van der Waals surface area contributed by atoms with E-state index in [9.17, 15) is 9.59 Å². The monoisotopic (exact) mass is 356 g/mol. The van der Waals surface area contributed by atoms with Gasteiger partial charge in [-0.3, -0.25) is 9.59 Å². The van der Waals surface area contributed by atoms with E-state index in [1.807, 2.05) is 11.0 Å². The Bertz CT molecular complexity index is 670. The Hall–Kier alpha value is -1.84. The molecule has 2 fully saturated rings. The number of carbonyl (C=O) groups is 2. The lowest BCUT2D eigenvalue weighted by molar-refractivity contribution is -0.138. The fraction of sp³-hybridized carbons (Fsp3) is 0.636. The molecule has 26 heavy (non-hydrogen) atoms. The van der Waals surface area contributed by atoms with E-state index in [-0.39, 0.29) is 29.2 Å². The van der Waals surface area contributed by atoms with Crippen molar-refractivity contribution in [2.75, 3.05) is 13.1 Å². The van der Waals surface area contributed by atoms with Crippen LogP contribution in [-0.2, 0) is 15.0 Å². The Labute approximate surface area is 157 Å². The molecule has 2 aliphatic rings. The zero-order valence-corrected chi connectivity index (χ0v) is 16.5. The van der Waals surface area contributed by atoms with Crippen molar-refractivity contribution in [3.05, 3.63) is 35.4 Å². The minimum Gasteiger partial charge on any atom is -0.353 e. The number of hydrogen-bond acceptors (Lipinski definition) is 2. The predicted octanol–water partition coefficient (Wildman–Crippen LogP) is 3.43. The molecule has 1 aromatic rings. The number of nitrogens with one attached hydrogen (secondary N) is 1. The molecule has 1 saturated carbocycles. The quantitative estimate of drug-likeness (QED) is 0.879. The fourth-order valence-electron chi connectivity index (χ4n) is 3.85. The molecule has 0 spiro atoms. The van der Waals surface area contributed by atoms with E-state index in [1.54, 1.807) is 0 Å². The van der Waals surface area contributed by atoms with Crippen molar-refractivity contribution >= 4 is 11.8 Å². The molecule has 1 saturated heterocycles. The van der Waals surface area contributed by atoms with Gasteiger partial charge in [-0.05, 0) is 51.0 Å². The van der Waals surface area contributed by atoms with Crippen molar-refractivity contribution < 1.29 is 9.59 Å². The number of carbonyl (C=O) groups excluding carboxylic acids is 2. The molecule has 1 unspecified atom stereocenters. The number of amides is 2. The maximum atomic E-state index is 13.2. The Morgan fingerprint density at radius 1 is 1.15 bits per heavy atom. The molecular formula is C22H32N2O2. The molecule has 1 atom stereocenters. The third kappa shape index (κ3) is 3.79. The largest absolute Gasteiger partial charge is 0.353 e. The summed E-state index contributed by atoms with van der Waals surface area (Å²) in [6, 6.07) is 8.55. The molecule has 1 N–H and O–H groups in total. The Morgan fingerprint density at radius 2 is 1.81 bits per heavy atom. The molecule has 4 nitrogen and oxygen atoms in total. The van der Waals surface area contributed by atoms with Crippen molar-refractivity contribution in [2.45, 2.75) is 64.8 Å². The first-order valence-electron chi connectivity index (χ1n) is 10.0. The van der Waals surface area contributed by atoms with Crippen molar-refractivity contribution in [3.63, 3.8) is 0 Å². The second kappa shape index (κ2) is 7.42. The highest BCUT2D eigenvalue weighted by Gasteiger charge is 2.53. The van der Waals surface area contributed by atoms with E-state index in [4.69, 9.17) is 0 Å². The van der Waals surface area contributed by atoms with Crippen LogP contribution in [0.5, 0.6) is 0 Å². The molecule has 3 rings (SSSR count). The van der Waals surface area contributed by atoms with E-state index in [2.05, 4.69) is 51.2 Å². The molecule has 0 radical (unpaired) electrons. The van der Waals surface area contributed by atoms with Crippen LogP contribution in [-0.4, -0.2) is 35.8 Å². The lowest BCUT2D eigenvalue weighted by Crippen LogP contribution is -2.48. The zero-order chi connectivity index (χ0) is 18.9. The van der Waals surface area contributed by atoms with Crippen molar-refractivity contribution in [2.24, 2.45) is 11.8 Å². The van der Waals surface area contributed by atoms with Crippen LogP contribution in [0.4, 0.5) is 0 Å². The number of benzene rings is 1. The van der Waals surface area contributed by atoms with Crippen LogP contribution in [0.25, 0.3) is 0 Å². The second-order valence-corrected chi connectivity index (χ2v) is 8.56. The summed E-state index contributed by atoms with van der Waals surface area (Å²) in [5.41, 5.74) is 2.07. The number of piperidine rings is 1. The van der Waals surface area contributed by atoms with Crippen molar-refractivity contribution in [1.82, 2.24) is 10.2 Å². The molecular weight excluding hydrogens is 324 g/mol. The van der Waals surface area contributed by atoms with Crippen LogP contribution < -0.4 is 5.32 Å². The lowest BCUT2D eigenvalue weighted by Gasteiger charge is -2.34. The summed E-state index contributed by atoms with van der Waals surface area (Å²) in [7, 11) is 0. The van der Waals surface area contributed by atoms with Gasteiger partial charge in [0.05, 0.1) is 5.41 Å². The maximum absolute atomic E-state index is 13.2. The van der Waals surface area contributed by atoms with Gasteiger partial charge in [0.1, 0.15) is 0 Å². The molecule has 142 valence electrons. The van der Waals surface area contributed by atoms with Gasteiger partial charge in [-0.1, -0.05) is 43.7 Å². The molecule has 1 aromatic carbocycles. The highest BCUT2D eigenvalue weighted by atomic mass is 16.2. The van der Waals surface area contributed by atoms with E-state index < -0.39 is 0 Å². The minimum absolute atomic E-state index is 0.0365. The summed E-state index contributed by atoms with van der Waals surface area (Å²) in [6.45, 7) is 9.76. The summed E-state index contributed by atoms with van der Waals surface area (Å²) < 4.78 is 0. The summed E-state index contributed by atoms with van der Waals surface area (Å²) in [4.78, 5) is 27.6. The third-order valence-electron chi connectivity index (χ3n) is 6.25. The van der Waals surface area contributed by atoms with Gasteiger partial charge in [-0.2, -0.15) is 0 Å². The van der Waals surface area contributed by atoms with Crippen LogP contribution in [0.1, 0.15) is 57.6 Å². The number of nitrogens with zero attached hydrogens (tertiary/aromatic N) is 1. The van der Waals surface area contributed by atoms with E-state index in [0.29, 0.717) is 19.0 Å². The normalized spacial score (nSPS) is 20.7. The first kappa shape index (κ1) is 18.9. The highest BCUT2D eigenvalue weighted by molar-refractivity contribution is 5.91. The predicted molar refractivity (Wildman–Crippen MR) is 104 cm³/mol. The van der Waals surface area contributed by atoms with Gasteiger partial charge in [-0.15, -0.1) is 0 Å². The first-order chi connectivity index (χ1) is 12.3. The average molecular weight is 357 g/mol. The standard InChI is InChI=1S/C22H32N2O2/c1-15(2)17(4)23-20(25)18-8-12-24(13-9-18)21(26)22(10-11-22)19-7-5-6-16(3)14-19/h5-7,14-15,17-18H,8-13H2,1-4H3,(H,23,25). The van der Waals surface area contributed by atoms with Gasteiger partial charge in [0.15, 0.2) is 0 Å².